The third-order valence-corrected chi connectivity index (χ3v) is 5.57. The Balaban J connectivity index is 1.44. The van der Waals surface area contributed by atoms with E-state index >= 15 is 0 Å². The number of benzene rings is 2. The SMILES string of the molecule is O=C1N[C@@H](c2cccnc2)c2c(-c3cccc(OCc4ccc(Br)cc4)c3)n[nH]c21. The number of amides is 1. The van der Waals surface area contributed by atoms with Gasteiger partial charge in [-0.05, 0) is 41.5 Å². The molecule has 3 heterocycles. The molecule has 1 amide bonds. The number of ether oxygens (including phenoxy) is 1. The highest BCUT2D eigenvalue weighted by molar-refractivity contribution is 9.10. The number of pyridine rings is 1. The van der Waals surface area contributed by atoms with E-state index in [-0.39, 0.29) is 11.9 Å². The summed E-state index contributed by atoms with van der Waals surface area (Å²) in [5.74, 6) is 0.572. The molecule has 2 N–H and O–H groups in total. The number of carbonyl (C=O) groups excluding carboxylic acids is 1. The molecule has 0 unspecified atom stereocenters. The Morgan fingerprint density at radius 1 is 1.07 bits per heavy atom. The Kier molecular flexibility index (Phi) is 4.80. The van der Waals surface area contributed by atoms with Crippen molar-refractivity contribution in [1.82, 2.24) is 20.5 Å². The van der Waals surface area contributed by atoms with Crippen molar-refractivity contribution in [2.75, 3.05) is 0 Å². The minimum Gasteiger partial charge on any atom is -0.489 e. The Morgan fingerprint density at radius 3 is 2.73 bits per heavy atom. The van der Waals surface area contributed by atoms with E-state index in [0.717, 1.165) is 38.2 Å². The van der Waals surface area contributed by atoms with Gasteiger partial charge in [0, 0.05) is 28.0 Å². The maximum atomic E-state index is 12.4. The Morgan fingerprint density at radius 2 is 1.93 bits per heavy atom. The molecular weight excluding hydrogens is 444 g/mol. The second kappa shape index (κ2) is 7.76. The second-order valence-electron chi connectivity index (χ2n) is 7.00. The average Bonchev–Trinajstić information content (AvgIpc) is 3.36. The van der Waals surface area contributed by atoms with Crippen LogP contribution < -0.4 is 10.1 Å². The van der Waals surface area contributed by atoms with Crippen molar-refractivity contribution in [1.29, 1.82) is 0 Å². The number of H-pyrrole nitrogens is 1. The molecule has 0 spiro atoms. The highest BCUT2D eigenvalue weighted by Crippen LogP contribution is 2.37. The van der Waals surface area contributed by atoms with Crippen LogP contribution in [0.1, 0.15) is 33.2 Å². The van der Waals surface area contributed by atoms with Crippen molar-refractivity contribution in [3.05, 3.63) is 99.9 Å². The van der Waals surface area contributed by atoms with Crippen molar-refractivity contribution in [2.24, 2.45) is 0 Å². The number of hydrogen-bond donors (Lipinski definition) is 2. The summed E-state index contributed by atoms with van der Waals surface area (Å²) in [6.07, 6.45) is 3.47. The Bertz CT molecular complexity index is 1210. The van der Waals surface area contributed by atoms with Gasteiger partial charge in [0.2, 0.25) is 0 Å². The molecule has 0 saturated heterocycles. The molecule has 0 radical (unpaired) electrons. The first kappa shape index (κ1) is 18.6. The van der Waals surface area contributed by atoms with Gasteiger partial charge in [0.05, 0.1) is 11.7 Å². The maximum Gasteiger partial charge on any atom is 0.270 e. The lowest BCUT2D eigenvalue weighted by Crippen LogP contribution is -2.21. The number of rotatable bonds is 5. The average molecular weight is 461 g/mol. The third-order valence-electron chi connectivity index (χ3n) is 5.04. The van der Waals surface area contributed by atoms with E-state index in [2.05, 4.69) is 36.4 Å². The van der Waals surface area contributed by atoms with E-state index in [1.54, 1.807) is 12.4 Å². The smallest absolute Gasteiger partial charge is 0.270 e. The molecule has 0 aliphatic carbocycles. The lowest BCUT2D eigenvalue weighted by atomic mass is 9.98. The number of nitrogens with one attached hydrogen (secondary N) is 2. The number of carbonyl (C=O) groups is 1. The zero-order valence-corrected chi connectivity index (χ0v) is 17.4. The molecule has 6 nitrogen and oxygen atoms in total. The van der Waals surface area contributed by atoms with Crippen LogP contribution in [0.4, 0.5) is 0 Å². The molecule has 5 rings (SSSR count). The van der Waals surface area contributed by atoms with Crippen LogP contribution in [0.25, 0.3) is 11.3 Å². The van der Waals surface area contributed by atoms with Crippen LogP contribution in [0.2, 0.25) is 0 Å². The van der Waals surface area contributed by atoms with Gasteiger partial charge < -0.3 is 10.1 Å². The number of aromatic amines is 1. The lowest BCUT2D eigenvalue weighted by molar-refractivity contribution is 0.0955. The quantitative estimate of drug-likeness (QED) is 0.454. The van der Waals surface area contributed by atoms with Crippen LogP contribution in [-0.4, -0.2) is 21.1 Å². The number of halogens is 1. The van der Waals surface area contributed by atoms with Gasteiger partial charge in [-0.15, -0.1) is 0 Å². The van der Waals surface area contributed by atoms with Crippen LogP contribution in [0.15, 0.2) is 77.5 Å². The summed E-state index contributed by atoms with van der Waals surface area (Å²) < 4.78 is 7.01. The molecular formula is C23H17BrN4O2. The van der Waals surface area contributed by atoms with Crippen LogP contribution >= 0.6 is 15.9 Å². The van der Waals surface area contributed by atoms with E-state index in [1.165, 1.54) is 0 Å². The molecule has 1 atom stereocenters. The van der Waals surface area contributed by atoms with Crippen LogP contribution in [0, 0.1) is 0 Å². The summed E-state index contributed by atoms with van der Waals surface area (Å²) in [7, 11) is 0. The summed E-state index contributed by atoms with van der Waals surface area (Å²) in [5, 5.41) is 10.3. The van der Waals surface area contributed by atoms with E-state index in [1.807, 2.05) is 60.7 Å². The molecule has 148 valence electrons. The Hall–Kier alpha value is -3.45. The summed E-state index contributed by atoms with van der Waals surface area (Å²) >= 11 is 3.44. The Labute approximate surface area is 181 Å². The summed E-state index contributed by atoms with van der Waals surface area (Å²) in [6, 6.07) is 19.3. The van der Waals surface area contributed by atoms with Gasteiger partial charge in [-0.2, -0.15) is 5.10 Å². The molecule has 2 aromatic heterocycles. The number of nitrogens with zero attached hydrogens (tertiary/aromatic N) is 2. The molecule has 1 aliphatic heterocycles. The van der Waals surface area contributed by atoms with Gasteiger partial charge in [-0.25, -0.2) is 0 Å². The van der Waals surface area contributed by atoms with Crippen LogP contribution in [0.3, 0.4) is 0 Å². The second-order valence-corrected chi connectivity index (χ2v) is 7.91. The number of fused-ring (bicyclic) bond motifs is 1. The first-order valence-electron chi connectivity index (χ1n) is 9.46. The van der Waals surface area contributed by atoms with E-state index < -0.39 is 0 Å². The molecule has 7 heteroatoms. The first-order valence-corrected chi connectivity index (χ1v) is 10.2. The van der Waals surface area contributed by atoms with Crippen molar-refractivity contribution >= 4 is 21.8 Å². The fourth-order valence-electron chi connectivity index (χ4n) is 3.58. The van der Waals surface area contributed by atoms with Gasteiger partial charge in [-0.3, -0.25) is 14.9 Å². The van der Waals surface area contributed by atoms with E-state index in [0.29, 0.717) is 12.3 Å². The molecule has 0 saturated carbocycles. The minimum absolute atomic E-state index is 0.166. The van der Waals surface area contributed by atoms with E-state index in [4.69, 9.17) is 4.74 Å². The highest BCUT2D eigenvalue weighted by atomic mass is 79.9. The number of aromatic nitrogens is 3. The van der Waals surface area contributed by atoms with Crippen molar-refractivity contribution < 1.29 is 9.53 Å². The molecule has 30 heavy (non-hydrogen) atoms. The van der Waals surface area contributed by atoms with Crippen LogP contribution in [0.5, 0.6) is 5.75 Å². The predicted octanol–water partition coefficient (Wildman–Crippen LogP) is 4.65. The molecule has 0 fully saturated rings. The van der Waals surface area contributed by atoms with Gasteiger partial charge in [0.15, 0.2) is 0 Å². The topological polar surface area (TPSA) is 79.9 Å². The van der Waals surface area contributed by atoms with Crippen molar-refractivity contribution in [3.8, 4) is 17.0 Å². The van der Waals surface area contributed by atoms with Crippen LogP contribution in [-0.2, 0) is 6.61 Å². The lowest BCUT2D eigenvalue weighted by Gasteiger charge is -2.13. The van der Waals surface area contributed by atoms with Gasteiger partial charge in [-0.1, -0.05) is 46.3 Å². The molecule has 0 bridgehead atoms. The number of hydrogen-bond acceptors (Lipinski definition) is 4. The van der Waals surface area contributed by atoms with Gasteiger partial charge in [0.1, 0.15) is 18.1 Å². The first-order chi connectivity index (χ1) is 14.7. The van der Waals surface area contributed by atoms with Crippen molar-refractivity contribution in [2.45, 2.75) is 12.6 Å². The molecule has 1 aliphatic rings. The fourth-order valence-corrected chi connectivity index (χ4v) is 3.84. The highest BCUT2D eigenvalue weighted by Gasteiger charge is 2.35. The molecule has 4 aromatic rings. The summed E-state index contributed by atoms with van der Waals surface area (Å²) in [6.45, 7) is 0.466. The zero-order valence-electron chi connectivity index (χ0n) is 15.8. The van der Waals surface area contributed by atoms with E-state index in [9.17, 15) is 4.79 Å². The molecule has 2 aromatic carbocycles. The summed E-state index contributed by atoms with van der Waals surface area (Å²) in [4.78, 5) is 16.6. The normalized spacial score (nSPS) is 15.0. The van der Waals surface area contributed by atoms with Gasteiger partial charge >= 0.3 is 0 Å². The fraction of sp³-hybridized carbons (Fsp3) is 0.0870. The third kappa shape index (κ3) is 3.48. The van der Waals surface area contributed by atoms with Gasteiger partial charge in [0.25, 0.3) is 5.91 Å². The van der Waals surface area contributed by atoms with Crippen molar-refractivity contribution in [3.63, 3.8) is 0 Å². The summed E-state index contributed by atoms with van der Waals surface area (Å²) in [5.41, 5.74) is 4.92. The monoisotopic (exact) mass is 460 g/mol. The largest absolute Gasteiger partial charge is 0.489 e. The minimum atomic E-state index is -0.290. The zero-order chi connectivity index (χ0) is 20.5. The predicted molar refractivity (Wildman–Crippen MR) is 116 cm³/mol. The standard InChI is InChI=1S/C23H17BrN4O2/c24-17-8-6-14(7-9-17)13-30-18-5-1-3-15(11-18)21-19-20(16-4-2-10-25-12-16)26-23(29)22(19)28-27-21/h1-12,20H,13H2,(H,26,29)(H,27,28)/t20-/m0/s1. The maximum absolute atomic E-state index is 12.4.